The molecule has 0 unspecified atom stereocenters. The average molecular weight is 517 g/mol. The Kier molecular flexibility index (Phi) is 7.52. The lowest BCUT2D eigenvalue weighted by molar-refractivity contribution is -0.128. The van der Waals surface area contributed by atoms with Gasteiger partial charge in [0, 0.05) is 22.9 Å². The number of carbonyl (C=O) groups excluding carboxylic acids is 2. The van der Waals surface area contributed by atoms with Crippen molar-refractivity contribution in [2.75, 3.05) is 4.90 Å². The third kappa shape index (κ3) is 6.39. The highest BCUT2D eigenvalue weighted by Crippen LogP contribution is 2.31. The Morgan fingerprint density at radius 3 is 2.37 bits per heavy atom. The Morgan fingerprint density at radius 1 is 1.05 bits per heavy atom. The van der Waals surface area contributed by atoms with Crippen LogP contribution in [0.3, 0.4) is 0 Å². The van der Waals surface area contributed by atoms with E-state index in [1.165, 1.54) is 41.3 Å². The zero-order chi connectivity index (χ0) is 27.4. The summed E-state index contributed by atoms with van der Waals surface area (Å²) in [6.07, 6.45) is 0. The molecule has 0 saturated heterocycles. The van der Waals surface area contributed by atoms with Crippen molar-refractivity contribution in [3.63, 3.8) is 0 Å². The summed E-state index contributed by atoms with van der Waals surface area (Å²) in [5.41, 5.74) is 1.87. The summed E-state index contributed by atoms with van der Waals surface area (Å²) in [5.74, 6) is -1.24. The molecule has 2 N–H and O–H groups in total. The zero-order valence-corrected chi connectivity index (χ0v) is 21.6. The summed E-state index contributed by atoms with van der Waals surface area (Å²) in [7, 11) is 0. The van der Waals surface area contributed by atoms with Crippen LogP contribution < -0.4 is 10.2 Å². The van der Waals surface area contributed by atoms with Crippen molar-refractivity contribution in [1.29, 1.82) is 0 Å². The number of amides is 2. The van der Waals surface area contributed by atoms with Crippen LogP contribution in [0, 0.1) is 12.7 Å². The molecule has 0 radical (unpaired) electrons. The Balaban J connectivity index is 1.74. The normalized spacial score (nSPS) is 12.1. The Bertz CT molecular complexity index is 1430. The van der Waals surface area contributed by atoms with Gasteiger partial charge in [0.15, 0.2) is 0 Å². The molecule has 0 aliphatic rings. The predicted molar refractivity (Wildman–Crippen MR) is 141 cm³/mol. The smallest absolute Gasteiger partial charge is 0.251 e. The molecule has 0 aliphatic carbocycles. The van der Waals surface area contributed by atoms with Gasteiger partial charge in [-0.2, -0.15) is 4.80 Å². The number of carbonyl (C=O) groups is 2. The molecule has 1 atom stereocenters. The lowest BCUT2D eigenvalue weighted by Crippen LogP contribution is -2.50. The van der Waals surface area contributed by atoms with Gasteiger partial charge in [0.05, 0.1) is 0 Å². The van der Waals surface area contributed by atoms with Gasteiger partial charge in [-0.1, -0.05) is 48.0 Å². The van der Waals surface area contributed by atoms with Crippen molar-refractivity contribution in [3.8, 4) is 17.1 Å². The van der Waals surface area contributed by atoms with E-state index < -0.39 is 29.2 Å². The van der Waals surface area contributed by atoms with E-state index in [1.807, 2.05) is 52.0 Å². The number of hydrogen-bond acceptors (Lipinski definition) is 6. The Morgan fingerprint density at radius 2 is 1.74 bits per heavy atom. The topological polar surface area (TPSA) is 113 Å². The first-order valence-corrected chi connectivity index (χ1v) is 12.0. The minimum atomic E-state index is -1.18. The first-order valence-electron chi connectivity index (χ1n) is 12.0. The lowest BCUT2D eigenvalue weighted by atomic mass is 10.0. The van der Waals surface area contributed by atoms with Gasteiger partial charge in [0.1, 0.15) is 24.2 Å². The molecule has 4 rings (SSSR count). The fraction of sp³-hybridized carbons (Fsp3) is 0.250. The number of aromatic hydroxyl groups is 1. The highest BCUT2D eigenvalue weighted by Gasteiger charge is 2.35. The molecule has 3 aromatic carbocycles. The van der Waals surface area contributed by atoms with Gasteiger partial charge in [-0.3, -0.25) is 14.5 Å². The van der Waals surface area contributed by atoms with Crippen molar-refractivity contribution in [3.05, 3.63) is 89.7 Å². The number of hydrogen-bond donors (Lipinski definition) is 2. The van der Waals surface area contributed by atoms with E-state index in [0.29, 0.717) is 11.4 Å². The predicted octanol–water partition coefficient (Wildman–Crippen LogP) is 4.18. The van der Waals surface area contributed by atoms with E-state index in [2.05, 4.69) is 20.7 Å². The number of aromatic nitrogens is 4. The molecule has 0 bridgehead atoms. The van der Waals surface area contributed by atoms with Crippen LogP contribution >= 0.6 is 0 Å². The number of nitrogens with one attached hydrogen (secondary N) is 1. The molecule has 1 aromatic heterocycles. The molecule has 0 saturated carbocycles. The van der Waals surface area contributed by atoms with E-state index in [0.717, 1.165) is 15.9 Å². The molecule has 0 aliphatic heterocycles. The van der Waals surface area contributed by atoms with Crippen LogP contribution in [0.2, 0.25) is 0 Å². The average Bonchev–Trinajstić information content (AvgIpc) is 3.30. The minimum absolute atomic E-state index is 0.0880. The molecule has 1 heterocycles. The first kappa shape index (κ1) is 26.5. The van der Waals surface area contributed by atoms with Gasteiger partial charge in [-0.25, -0.2) is 4.39 Å². The summed E-state index contributed by atoms with van der Waals surface area (Å²) in [6, 6.07) is 17.8. The summed E-state index contributed by atoms with van der Waals surface area (Å²) in [6.45, 7) is 7.09. The number of rotatable bonds is 7. The van der Waals surface area contributed by atoms with E-state index in [-0.39, 0.29) is 18.0 Å². The number of nitrogens with zero attached hydrogens (tertiary/aromatic N) is 5. The monoisotopic (exact) mass is 516 g/mol. The van der Waals surface area contributed by atoms with Gasteiger partial charge in [-0.05, 0) is 62.7 Å². The second-order valence-corrected chi connectivity index (χ2v) is 9.99. The highest BCUT2D eigenvalue weighted by molar-refractivity contribution is 6.01. The van der Waals surface area contributed by atoms with Crippen LogP contribution in [-0.4, -0.2) is 42.7 Å². The molecule has 2 amide bonds. The van der Waals surface area contributed by atoms with Crippen molar-refractivity contribution < 1.29 is 19.1 Å². The van der Waals surface area contributed by atoms with Crippen molar-refractivity contribution >= 4 is 17.5 Å². The number of tetrazole rings is 1. The van der Waals surface area contributed by atoms with E-state index in [4.69, 9.17) is 0 Å². The van der Waals surface area contributed by atoms with E-state index in [9.17, 15) is 19.1 Å². The van der Waals surface area contributed by atoms with Gasteiger partial charge >= 0.3 is 0 Å². The number of phenols is 1. The number of phenolic OH excluding ortho intramolecular Hbond substituents is 1. The van der Waals surface area contributed by atoms with E-state index >= 15 is 0 Å². The molecular formula is C28H29FN6O3. The van der Waals surface area contributed by atoms with Gasteiger partial charge in [0.2, 0.25) is 11.7 Å². The first-order chi connectivity index (χ1) is 18.0. The van der Waals surface area contributed by atoms with Crippen LogP contribution in [0.5, 0.6) is 5.75 Å². The number of halogens is 1. The second-order valence-electron chi connectivity index (χ2n) is 9.99. The fourth-order valence-corrected chi connectivity index (χ4v) is 3.91. The highest BCUT2D eigenvalue weighted by atomic mass is 19.1. The standard InChI is InChI=1S/C28H29FN6O3/c1-18-8-10-20(11-9-18)26-31-33-34(32-26)17-24(37)35(22-6-5-7-23(36)16-22)25(27(38)30-28(2,3)4)19-12-14-21(29)15-13-19/h5-16,25,36H,17H2,1-4H3,(H,30,38)/t25-/m0/s1. The summed E-state index contributed by atoms with van der Waals surface area (Å²) < 4.78 is 13.8. The molecule has 10 heteroatoms. The molecule has 4 aromatic rings. The number of anilines is 1. The molecular weight excluding hydrogens is 487 g/mol. The molecule has 196 valence electrons. The van der Waals surface area contributed by atoms with Crippen LogP contribution in [0.25, 0.3) is 11.4 Å². The van der Waals surface area contributed by atoms with Gasteiger partial charge in [-0.15, -0.1) is 10.2 Å². The SMILES string of the molecule is Cc1ccc(-c2nnn(CC(=O)N(c3cccc(O)c3)[C@H](C(=O)NC(C)(C)C)c3ccc(F)cc3)n2)cc1. The Hall–Kier alpha value is -4.60. The van der Waals surface area contributed by atoms with Gasteiger partial charge < -0.3 is 10.4 Å². The third-order valence-electron chi connectivity index (χ3n) is 5.61. The summed E-state index contributed by atoms with van der Waals surface area (Å²) in [5, 5.41) is 25.5. The maximum absolute atomic E-state index is 13.8. The van der Waals surface area contributed by atoms with Crippen molar-refractivity contribution in [2.45, 2.75) is 45.8 Å². The Labute approximate surface area is 219 Å². The second kappa shape index (κ2) is 10.8. The molecule has 0 spiro atoms. The zero-order valence-electron chi connectivity index (χ0n) is 21.6. The summed E-state index contributed by atoms with van der Waals surface area (Å²) >= 11 is 0. The van der Waals surface area contributed by atoms with Crippen LogP contribution in [0.15, 0.2) is 72.8 Å². The molecule has 38 heavy (non-hydrogen) atoms. The summed E-state index contributed by atoms with van der Waals surface area (Å²) in [4.78, 5) is 29.8. The van der Waals surface area contributed by atoms with Crippen LogP contribution in [0.4, 0.5) is 10.1 Å². The number of aryl methyl sites for hydroxylation is 1. The fourth-order valence-electron chi connectivity index (χ4n) is 3.91. The number of benzene rings is 3. The van der Waals surface area contributed by atoms with Gasteiger partial charge in [0.25, 0.3) is 5.91 Å². The van der Waals surface area contributed by atoms with Crippen molar-refractivity contribution in [2.24, 2.45) is 0 Å². The minimum Gasteiger partial charge on any atom is -0.508 e. The van der Waals surface area contributed by atoms with Crippen LogP contribution in [-0.2, 0) is 16.1 Å². The van der Waals surface area contributed by atoms with Crippen molar-refractivity contribution in [1.82, 2.24) is 25.5 Å². The quantitative estimate of drug-likeness (QED) is 0.381. The van der Waals surface area contributed by atoms with E-state index in [1.54, 1.807) is 12.1 Å². The maximum atomic E-state index is 13.8. The lowest BCUT2D eigenvalue weighted by Gasteiger charge is -2.33. The maximum Gasteiger partial charge on any atom is 0.251 e. The van der Waals surface area contributed by atoms with Crippen LogP contribution in [0.1, 0.15) is 37.9 Å². The largest absolute Gasteiger partial charge is 0.508 e. The molecule has 0 fully saturated rings. The third-order valence-corrected chi connectivity index (χ3v) is 5.61. The molecule has 9 nitrogen and oxygen atoms in total.